The molecular weight excluding hydrogens is 196 g/mol. The first-order valence-corrected chi connectivity index (χ1v) is 5.21. The number of hydrogen-bond acceptors (Lipinski definition) is 1. The van der Waals surface area contributed by atoms with Crippen LogP contribution in [0.25, 0.3) is 16.9 Å². The summed E-state index contributed by atoms with van der Waals surface area (Å²) in [5.41, 5.74) is 3.93. The monoisotopic (exact) mass is 207 g/mol. The van der Waals surface area contributed by atoms with Gasteiger partial charge in [-0.2, -0.15) is 0 Å². The van der Waals surface area contributed by atoms with Gasteiger partial charge >= 0.3 is 0 Å². The Hall–Kier alpha value is -2.09. The zero-order valence-electron chi connectivity index (χ0n) is 8.80. The van der Waals surface area contributed by atoms with Crippen LogP contribution in [0.1, 0.15) is 5.69 Å². The van der Waals surface area contributed by atoms with Crippen molar-refractivity contribution < 1.29 is 0 Å². The van der Waals surface area contributed by atoms with Crippen molar-refractivity contribution in [3.05, 3.63) is 67.3 Å². The Balaban J connectivity index is 2.29. The first kappa shape index (κ1) is 9.16. The van der Waals surface area contributed by atoms with E-state index < -0.39 is 0 Å². The zero-order valence-corrected chi connectivity index (χ0v) is 8.80. The van der Waals surface area contributed by atoms with Crippen molar-refractivity contribution in [2.75, 3.05) is 0 Å². The molecule has 0 fully saturated rings. The molecule has 0 aliphatic heterocycles. The predicted octanol–water partition coefficient (Wildman–Crippen LogP) is 3.18. The summed E-state index contributed by atoms with van der Waals surface area (Å²) in [7, 11) is 0. The van der Waals surface area contributed by atoms with Gasteiger partial charge in [-0.3, -0.25) is 0 Å². The molecule has 0 aliphatic carbocycles. The number of nitrogens with zero attached hydrogens (tertiary/aromatic N) is 2. The average Bonchev–Trinajstić information content (AvgIpc) is 2.69. The molecule has 0 saturated heterocycles. The van der Waals surface area contributed by atoms with Gasteiger partial charge in [-0.25, -0.2) is 4.98 Å². The highest BCUT2D eigenvalue weighted by molar-refractivity contribution is 5.67. The first-order chi connectivity index (χ1) is 7.86. The Bertz CT molecular complexity index is 624. The van der Waals surface area contributed by atoms with Crippen LogP contribution in [0.2, 0.25) is 0 Å². The number of aromatic nitrogens is 2. The van der Waals surface area contributed by atoms with Crippen LogP contribution >= 0.6 is 0 Å². The lowest BCUT2D eigenvalue weighted by atomic mass is 10.1. The quantitative estimate of drug-likeness (QED) is 0.599. The third-order valence-electron chi connectivity index (χ3n) is 2.68. The Morgan fingerprint density at radius 1 is 0.938 bits per heavy atom. The highest BCUT2D eigenvalue weighted by Gasteiger charge is 2.08. The minimum atomic E-state index is 0.932. The minimum absolute atomic E-state index is 0.932. The highest BCUT2D eigenvalue weighted by Crippen LogP contribution is 2.22. The molecule has 2 heteroatoms. The van der Waals surface area contributed by atoms with Gasteiger partial charge in [0.1, 0.15) is 5.65 Å². The zero-order chi connectivity index (χ0) is 11.0. The molecule has 0 spiro atoms. The molecule has 1 radical (unpaired) electrons. The maximum Gasteiger partial charge on any atom is 0.137 e. The smallest absolute Gasteiger partial charge is 0.137 e. The third-order valence-corrected chi connectivity index (χ3v) is 2.68. The summed E-state index contributed by atoms with van der Waals surface area (Å²) < 4.78 is 2.00. The second-order valence-electron chi connectivity index (χ2n) is 3.70. The van der Waals surface area contributed by atoms with Crippen molar-refractivity contribution in [2.45, 2.75) is 0 Å². The molecule has 0 amide bonds. The summed E-state index contributed by atoms with van der Waals surface area (Å²) >= 11 is 0. The van der Waals surface area contributed by atoms with Crippen molar-refractivity contribution in [3.63, 3.8) is 0 Å². The molecule has 3 aromatic rings. The van der Waals surface area contributed by atoms with Crippen LogP contribution in [-0.4, -0.2) is 9.38 Å². The van der Waals surface area contributed by atoms with E-state index in [1.807, 2.05) is 47.0 Å². The summed E-state index contributed by atoms with van der Waals surface area (Å²) in [6.07, 6.45) is 1.98. The van der Waals surface area contributed by atoms with Crippen LogP contribution in [-0.2, 0) is 0 Å². The molecule has 0 saturated carbocycles. The standard InChI is InChI=1S/C14H11N2/c1-11-14(12-7-3-2-4-8-12)15-13-9-5-6-10-16(11)13/h2-10H,1H2. The Labute approximate surface area is 94.2 Å². The van der Waals surface area contributed by atoms with E-state index in [2.05, 4.69) is 24.0 Å². The molecule has 2 heterocycles. The lowest BCUT2D eigenvalue weighted by molar-refractivity contribution is 1.15. The molecule has 0 aliphatic rings. The molecule has 77 valence electrons. The lowest BCUT2D eigenvalue weighted by Crippen LogP contribution is -1.85. The molecule has 2 nitrogen and oxygen atoms in total. The lowest BCUT2D eigenvalue weighted by Gasteiger charge is -1.98. The Kier molecular flexibility index (Phi) is 2.00. The third kappa shape index (κ3) is 1.31. The fourth-order valence-electron chi connectivity index (χ4n) is 1.87. The van der Waals surface area contributed by atoms with Gasteiger partial charge in [-0.05, 0) is 19.1 Å². The second kappa shape index (κ2) is 3.49. The largest absolute Gasteiger partial charge is 0.303 e. The molecule has 3 rings (SSSR count). The van der Waals surface area contributed by atoms with E-state index in [0.717, 1.165) is 22.6 Å². The van der Waals surface area contributed by atoms with Gasteiger partial charge in [0.15, 0.2) is 0 Å². The second-order valence-corrected chi connectivity index (χ2v) is 3.70. The Morgan fingerprint density at radius 2 is 1.69 bits per heavy atom. The molecule has 0 unspecified atom stereocenters. The van der Waals surface area contributed by atoms with E-state index in [1.54, 1.807) is 0 Å². The van der Waals surface area contributed by atoms with E-state index in [0.29, 0.717) is 0 Å². The molecule has 0 atom stereocenters. The first-order valence-electron chi connectivity index (χ1n) is 5.21. The molecule has 0 bridgehead atoms. The van der Waals surface area contributed by atoms with Gasteiger partial charge in [0.25, 0.3) is 0 Å². The molecule has 1 aromatic carbocycles. The number of hydrogen-bond donors (Lipinski definition) is 0. The summed E-state index contributed by atoms with van der Waals surface area (Å²) in [6, 6.07) is 16.1. The predicted molar refractivity (Wildman–Crippen MR) is 65.1 cm³/mol. The minimum Gasteiger partial charge on any atom is -0.303 e. The Morgan fingerprint density at radius 3 is 2.44 bits per heavy atom. The normalized spacial score (nSPS) is 10.8. The van der Waals surface area contributed by atoms with Crippen molar-refractivity contribution in [1.82, 2.24) is 9.38 Å². The van der Waals surface area contributed by atoms with Crippen molar-refractivity contribution in [3.8, 4) is 11.3 Å². The molecular formula is C14H11N2. The van der Waals surface area contributed by atoms with Gasteiger partial charge in [-0.1, -0.05) is 36.4 Å². The van der Waals surface area contributed by atoms with E-state index in [9.17, 15) is 0 Å². The number of rotatable bonds is 1. The highest BCUT2D eigenvalue weighted by atomic mass is 15.0. The van der Waals surface area contributed by atoms with Crippen LogP contribution in [0, 0.1) is 6.92 Å². The van der Waals surface area contributed by atoms with Crippen molar-refractivity contribution in [1.29, 1.82) is 0 Å². The fraction of sp³-hybridized carbons (Fsp3) is 0. The maximum atomic E-state index is 4.58. The summed E-state index contributed by atoms with van der Waals surface area (Å²) in [4.78, 5) is 4.58. The van der Waals surface area contributed by atoms with E-state index in [-0.39, 0.29) is 0 Å². The number of pyridine rings is 1. The van der Waals surface area contributed by atoms with E-state index >= 15 is 0 Å². The van der Waals surface area contributed by atoms with Crippen LogP contribution < -0.4 is 0 Å². The SMILES string of the molecule is [CH2]c1c(-c2ccccc2)nc2ccccn12. The number of fused-ring (bicyclic) bond motifs is 1. The van der Waals surface area contributed by atoms with Crippen LogP contribution in [0.4, 0.5) is 0 Å². The molecule has 0 N–H and O–H groups in total. The summed E-state index contributed by atoms with van der Waals surface area (Å²) in [5.74, 6) is 0. The van der Waals surface area contributed by atoms with Crippen LogP contribution in [0.5, 0.6) is 0 Å². The molecule has 2 aromatic heterocycles. The van der Waals surface area contributed by atoms with Crippen LogP contribution in [0.3, 0.4) is 0 Å². The summed E-state index contributed by atoms with van der Waals surface area (Å²) in [5, 5.41) is 0. The topological polar surface area (TPSA) is 17.3 Å². The maximum absolute atomic E-state index is 4.58. The van der Waals surface area contributed by atoms with Gasteiger partial charge in [0, 0.05) is 11.8 Å². The number of imidazole rings is 1. The summed E-state index contributed by atoms with van der Waals surface area (Å²) in [6.45, 7) is 4.09. The van der Waals surface area contributed by atoms with Crippen molar-refractivity contribution >= 4 is 5.65 Å². The molecule has 16 heavy (non-hydrogen) atoms. The van der Waals surface area contributed by atoms with E-state index in [4.69, 9.17) is 0 Å². The van der Waals surface area contributed by atoms with E-state index in [1.165, 1.54) is 0 Å². The van der Waals surface area contributed by atoms with Crippen molar-refractivity contribution in [2.24, 2.45) is 0 Å². The van der Waals surface area contributed by atoms with Gasteiger partial charge in [-0.15, -0.1) is 0 Å². The average molecular weight is 207 g/mol. The van der Waals surface area contributed by atoms with Gasteiger partial charge < -0.3 is 4.40 Å². The van der Waals surface area contributed by atoms with Gasteiger partial charge in [0.05, 0.1) is 11.4 Å². The fourth-order valence-corrected chi connectivity index (χ4v) is 1.87. The van der Waals surface area contributed by atoms with Gasteiger partial charge in [0.2, 0.25) is 0 Å². The van der Waals surface area contributed by atoms with Crippen LogP contribution in [0.15, 0.2) is 54.7 Å². The number of benzene rings is 1.